The highest BCUT2D eigenvalue weighted by Crippen LogP contribution is 2.29. The first kappa shape index (κ1) is 23.1. The van der Waals surface area contributed by atoms with E-state index in [2.05, 4.69) is 10.3 Å². The molecule has 0 amide bonds. The van der Waals surface area contributed by atoms with Crippen molar-refractivity contribution in [2.24, 2.45) is 7.05 Å². The zero-order valence-electron chi connectivity index (χ0n) is 19.4. The lowest BCUT2D eigenvalue weighted by Gasteiger charge is -2.23. The van der Waals surface area contributed by atoms with Gasteiger partial charge < -0.3 is 14.8 Å². The molecule has 11 heteroatoms. The van der Waals surface area contributed by atoms with Crippen molar-refractivity contribution in [3.8, 4) is 5.75 Å². The number of imidazole rings is 1. The Morgan fingerprint density at radius 2 is 2.03 bits per heavy atom. The third-order valence-electron chi connectivity index (χ3n) is 6.20. The third kappa shape index (κ3) is 4.64. The van der Waals surface area contributed by atoms with Gasteiger partial charge in [-0.1, -0.05) is 11.3 Å². The highest BCUT2D eigenvalue weighted by Gasteiger charge is 2.22. The monoisotopic (exact) mass is 495 g/mol. The van der Waals surface area contributed by atoms with Crippen LogP contribution in [0, 0.1) is 17.0 Å². The zero-order valence-corrected chi connectivity index (χ0v) is 20.2. The molecule has 1 aromatic carbocycles. The van der Waals surface area contributed by atoms with Crippen LogP contribution in [0.2, 0.25) is 0 Å². The van der Waals surface area contributed by atoms with Crippen LogP contribution in [0.3, 0.4) is 0 Å². The highest BCUT2D eigenvalue weighted by atomic mass is 32.1. The van der Waals surface area contributed by atoms with Crippen LogP contribution in [0.5, 0.6) is 5.75 Å². The van der Waals surface area contributed by atoms with Crippen LogP contribution in [-0.4, -0.2) is 32.3 Å². The lowest BCUT2D eigenvalue weighted by Crippen LogP contribution is -2.29. The molecular weight excluding hydrogens is 470 g/mol. The number of nitro groups is 1. The maximum atomic E-state index is 12.9. The lowest BCUT2D eigenvalue weighted by molar-refractivity contribution is -0.380. The van der Waals surface area contributed by atoms with Gasteiger partial charge in [0.25, 0.3) is 0 Å². The van der Waals surface area contributed by atoms with Gasteiger partial charge in [0.1, 0.15) is 18.2 Å². The van der Waals surface area contributed by atoms with E-state index < -0.39 is 4.92 Å². The quantitative estimate of drug-likeness (QED) is 0.292. The summed E-state index contributed by atoms with van der Waals surface area (Å²) < 4.78 is 14.8. The van der Waals surface area contributed by atoms with Crippen LogP contribution in [0.15, 0.2) is 47.4 Å². The van der Waals surface area contributed by atoms with Crippen LogP contribution >= 0.6 is 11.3 Å². The fraction of sp³-hybridized carbons (Fsp3) is 0.333. The van der Waals surface area contributed by atoms with Crippen molar-refractivity contribution >= 4 is 38.9 Å². The minimum atomic E-state index is -0.400. The van der Waals surface area contributed by atoms with Gasteiger partial charge in [0, 0.05) is 49.0 Å². The lowest BCUT2D eigenvalue weighted by atomic mass is 10.1. The summed E-state index contributed by atoms with van der Waals surface area (Å²) in [6.07, 6.45) is 3.34. The van der Waals surface area contributed by atoms with E-state index >= 15 is 0 Å². The number of nitrogens with one attached hydrogen (secondary N) is 1. The van der Waals surface area contributed by atoms with Crippen LogP contribution in [0.1, 0.15) is 29.3 Å². The maximum Gasteiger partial charge on any atom is 0.329 e. The van der Waals surface area contributed by atoms with Crippen LogP contribution in [-0.2, 0) is 18.4 Å². The Hall–Kier alpha value is -3.70. The van der Waals surface area contributed by atoms with Crippen molar-refractivity contribution in [2.45, 2.75) is 32.4 Å². The number of hydrogen-bond donors (Lipinski definition) is 1. The Morgan fingerprint density at radius 3 is 2.74 bits per heavy atom. The summed E-state index contributed by atoms with van der Waals surface area (Å²) in [6.45, 7) is 3.53. The van der Waals surface area contributed by atoms with E-state index in [1.165, 1.54) is 6.07 Å². The number of nitrogens with zero attached hydrogens (tertiary/aromatic N) is 4. The fourth-order valence-electron chi connectivity index (χ4n) is 4.32. The number of aromatic nitrogens is 3. The van der Waals surface area contributed by atoms with E-state index in [0.717, 1.165) is 51.3 Å². The minimum absolute atomic E-state index is 0.0420. The number of rotatable bonds is 7. The molecule has 0 saturated carbocycles. The van der Waals surface area contributed by atoms with Gasteiger partial charge in [0.05, 0.1) is 22.2 Å². The van der Waals surface area contributed by atoms with E-state index in [1.54, 1.807) is 23.9 Å². The highest BCUT2D eigenvalue weighted by molar-refractivity contribution is 7.15. The first-order chi connectivity index (χ1) is 16.9. The summed E-state index contributed by atoms with van der Waals surface area (Å²) >= 11 is 1.11. The summed E-state index contributed by atoms with van der Waals surface area (Å²) in [6, 6.07) is 10.9. The number of hydrogen-bond acceptors (Lipinski definition) is 8. The molecule has 4 aromatic rings. The molecule has 5 rings (SSSR count). The molecule has 1 aliphatic heterocycles. The number of ether oxygens (including phenoxy) is 2. The average Bonchev–Trinajstić information content (AvgIpc) is 3.43. The van der Waals surface area contributed by atoms with Crippen LogP contribution in [0.25, 0.3) is 11.0 Å². The number of anilines is 2. The first-order valence-corrected chi connectivity index (χ1v) is 12.1. The Balaban J connectivity index is 1.34. The second-order valence-corrected chi connectivity index (χ2v) is 9.65. The largest absolute Gasteiger partial charge is 0.488 e. The van der Waals surface area contributed by atoms with Gasteiger partial charge in [-0.3, -0.25) is 19.2 Å². The Morgan fingerprint density at radius 1 is 1.23 bits per heavy atom. The molecule has 0 aliphatic carbocycles. The predicted octanol–water partition coefficient (Wildman–Crippen LogP) is 4.69. The second kappa shape index (κ2) is 9.51. The van der Waals surface area contributed by atoms with Crippen LogP contribution in [0.4, 0.5) is 16.5 Å². The number of pyridine rings is 1. The molecular formula is C24H25N5O5S. The predicted molar refractivity (Wildman–Crippen MR) is 134 cm³/mol. The molecule has 0 spiro atoms. The molecule has 10 nitrogen and oxygen atoms in total. The summed E-state index contributed by atoms with van der Waals surface area (Å²) in [5.74, 6) is 1.32. The van der Waals surface area contributed by atoms with E-state index in [1.807, 2.05) is 35.8 Å². The average molecular weight is 496 g/mol. The molecule has 35 heavy (non-hydrogen) atoms. The molecule has 182 valence electrons. The maximum absolute atomic E-state index is 12.9. The number of benzene rings is 1. The Kier molecular flexibility index (Phi) is 6.27. The van der Waals surface area contributed by atoms with Crippen molar-refractivity contribution in [2.75, 3.05) is 18.5 Å². The Labute approximate surface area is 204 Å². The molecule has 3 aromatic heterocycles. The zero-order chi connectivity index (χ0) is 24.5. The van der Waals surface area contributed by atoms with Crippen molar-refractivity contribution < 1.29 is 14.4 Å². The molecule has 1 N–H and O–H groups in total. The van der Waals surface area contributed by atoms with E-state index in [9.17, 15) is 14.9 Å². The number of aryl methyl sites for hydroxylation is 2. The fourth-order valence-corrected chi connectivity index (χ4v) is 5.06. The molecule has 1 aliphatic rings. The van der Waals surface area contributed by atoms with Gasteiger partial charge in [0.15, 0.2) is 0 Å². The van der Waals surface area contributed by atoms with E-state index in [0.29, 0.717) is 24.8 Å². The number of thiophene rings is 1. The number of fused-ring (bicyclic) bond motifs is 1. The second-order valence-electron chi connectivity index (χ2n) is 8.50. The van der Waals surface area contributed by atoms with Crippen molar-refractivity contribution in [3.05, 3.63) is 73.6 Å². The van der Waals surface area contributed by atoms with E-state index in [4.69, 9.17) is 9.47 Å². The summed E-state index contributed by atoms with van der Waals surface area (Å²) in [5.41, 5.74) is 3.42. The summed E-state index contributed by atoms with van der Waals surface area (Å²) in [5, 5.41) is 14.3. The normalized spacial score (nSPS) is 14.3. The smallest absolute Gasteiger partial charge is 0.329 e. The Bertz CT molecular complexity index is 1450. The molecule has 0 bridgehead atoms. The van der Waals surface area contributed by atoms with E-state index in [-0.39, 0.29) is 23.3 Å². The minimum Gasteiger partial charge on any atom is -0.488 e. The standard InChI is InChI=1S/C24H25N5O5S/c1-15-11-17(34-14-18-4-6-23(35-18)29(31)32)3-5-19(15)26-22-12-20-21(13-25-22)27(2)24(30)28(20)16-7-9-33-10-8-16/h3-6,11-13,16H,7-10,14H2,1-2H3,(H,25,26). The summed E-state index contributed by atoms with van der Waals surface area (Å²) in [7, 11) is 1.77. The molecule has 0 unspecified atom stereocenters. The van der Waals surface area contributed by atoms with Gasteiger partial charge >= 0.3 is 10.7 Å². The van der Waals surface area contributed by atoms with Gasteiger partial charge in [-0.05, 0) is 49.6 Å². The van der Waals surface area contributed by atoms with Crippen molar-refractivity contribution in [3.63, 3.8) is 0 Å². The molecule has 0 radical (unpaired) electrons. The molecule has 1 fully saturated rings. The molecule has 4 heterocycles. The SMILES string of the molecule is Cc1cc(OCc2ccc([N+](=O)[O-])s2)ccc1Nc1cc2c(cn1)n(C)c(=O)n2C1CCOCC1. The third-order valence-corrected chi connectivity index (χ3v) is 7.21. The van der Waals surface area contributed by atoms with Gasteiger partial charge in [0.2, 0.25) is 0 Å². The first-order valence-electron chi connectivity index (χ1n) is 11.3. The van der Waals surface area contributed by atoms with Gasteiger partial charge in [-0.2, -0.15) is 0 Å². The molecule has 0 atom stereocenters. The van der Waals surface area contributed by atoms with Crippen molar-refractivity contribution in [1.82, 2.24) is 14.1 Å². The van der Waals surface area contributed by atoms with Crippen LogP contribution < -0.4 is 15.7 Å². The van der Waals surface area contributed by atoms with Gasteiger partial charge in [-0.15, -0.1) is 0 Å². The van der Waals surface area contributed by atoms with Gasteiger partial charge in [-0.25, -0.2) is 9.78 Å². The van der Waals surface area contributed by atoms with Crippen molar-refractivity contribution in [1.29, 1.82) is 0 Å². The topological polar surface area (TPSA) is 113 Å². The molecule has 1 saturated heterocycles. The summed E-state index contributed by atoms with van der Waals surface area (Å²) in [4.78, 5) is 28.7.